The highest BCUT2D eigenvalue weighted by Crippen LogP contribution is 2.46. The molecule has 4 aromatic rings. The molecular weight excluding hydrogens is 415 g/mol. The summed E-state index contributed by atoms with van der Waals surface area (Å²) in [7, 11) is 0. The number of rotatable bonds is 5. The van der Waals surface area contributed by atoms with Crippen LogP contribution in [-0.2, 0) is 0 Å². The number of benzene rings is 4. The minimum Gasteiger partial charge on any atom is -0.345 e. The van der Waals surface area contributed by atoms with E-state index in [4.69, 9.17) is 12.2 Å². The molecular formula is C27H21N2PS. The number of para-hydroxylation sites is 1. The van der Waals surface area contributed by atoms with E-state index in [9.17, 15) is 5.26 Å². The lowest BCUT2D eigenvalue weighted by Crippen LogP contribution is -2.34. The zero-order valence-electron chi connectivity index (χ0n) is 16.8. The van der Waals surface area contributed by atoms with Crippen molar-refractivity contribution in [2.24, 2.45) is 0 Å². The van der Waals surface area contributed by atoms with Crippen LogP contribution in [0.4, 0.5) is 5.69 Å². The predicted molar refractivity (Wildman–Crippen MR) is 138 cm³/mol. The van der Waals surface area contributed by atoms with Gasteiger partial charge in [-0.2, -0.15) is 5.26 Å². The number of nitriles is 1. The predicted octanol–water partition coefficient (Wildman–Crippen LogP) is 5.12. The molecule has 0 atom stereocenters. The molecule has 0 fully saturated rings. The maximum atomic E-state index is 10.5. The second-order valence-electron chi connectivity index (χ2n) is 6.96. The van der Waals surface area contributed by atoms with Gasteiger partial charge in [0, 0.05) is 5.69 Å². The molecule has 2 nitrogen and oxygen atoms in total. The molecule has 0 aliphatic carbocycles. The average molecular weight is 437 g/mol. The molecule has 0 radical (unpaired) electrons. The molecule has 150 valence electrons. The van der Waals surface area contributed by atoms with Gasteiger partial charge in [-0.3, -0.25) is 0 Å². The van der Waals surface area contributed by atoms with Crippen molar-refractivity contribution in [3.8, 4) is 6.07 Å². The molecule has 0 aliphatic heterocycles. The molecule has 0 unspecified atom stereocenters. The summed E-state index contributed by atoms with van der Waals surface area (Å²) in [5.41, 5.74) is 0.868. The Kier molecular flexibility index (Phi) is 6.43. The fourth-order valence-electron chi connectivity index (χ4n) is 3.78. The second kappa shape index (κ2) is 9.58. The molecule has 0 amide bonds. The van der Waals surface area contributed by atoms with Crippen LogP contribution in [0.2, 0.25) is 0 Å². The standard InChI is InChI=1S/C27H21N2PS/c28-21-26(27(31)29-22-13-5-1-6-14-22)30(23-15-7-2-8-16-23,24-17-9-3-10-18-24)25-19-11-4-12-20-25/h1-20H,(H,29,31). The van der Waals surface area contributed by atoms with Gasteiger partial charge in [-0.25, -0.2) is 0 Å². The summed E-state index contributed by atoms with van der Waals surface area (Å²) in [6.45, 7) is -2.50. The molecule has 0 spiro atoms. The van der Waals surface area contributed by atoms with E-state index in [1.165, 1.54) is 0 Å². The molecule has 4 aromatic carbocycles. The van der Waals surface area contributed by atoms with E-state index in [2.05, 4.69) is 47.8 Å². The van der Waals surface area contributed by atoms with Crippen molar-refractivity contribution in [1.82, 2.24) is 0 Å². The topological polar surface area (TPSA) is 35.8 Å². The molecule has 1 N–H and O–H groups in total. The van der Waals surface area contributed by atoms with Gasteiger partial charge in [0.05, 0.1) is 5.29 Å². The Balaban J connectivity index is 2.10. The Morgan fingerprint density at radius 1 is 0.613 bits per heavy atom. The zero-order chi connectivity index (χ0) is 21.5. The minimum atomic E-state index is -2.50. The molecule has 31 heavy (non-hydrogen) atoms. The average Bonchev–Trinajstić information content (AvgIpc) is 2.84. The Morgan fingerprint density at radius 3 is 1.32 bits per heavy atom. The zero-order valence-corrected chi connectivity index (χ0v) is 18.6. The van der Waals surface area contributed by atoms with Crippen molar-refractivity contribution in [2.45, 2.75) is 0 Å². The Morgan fingerprint density at radius 2 is 0.968 bits per heavy atom. The van der Waals surface area contributed by atoms with E-state index < -0.39 is 6.89 Å². The van der Waals surface area contributed by atoms with E-state index in [0.29, 0.717) is 10.3 Å². The van der Waals surface area contributed by atoms with Gasteiger partial charge < -0.3 is 5.32 Å². The molecule has 0 aromatic heterocycles. The second-order valence-corrected chi connectivity index (χ2v) is 10.7. The van der Waals surface area contributed by atoms with Gasteiger partial charge >= 0.3 is 0 Å². The van der Waals surface area contributed by atoms with Crippen LogP contribution in [0.25, 0.3) is 0 Å². The summed E-state index contributed by atoms with van der Waals surface area (Å²) in [5, 5.41) is 17.7. The number of thiocarbonyl (C=S) groups is 1. The molecule has 0 bridgehead atoms. The van der Waals surface area contributed by atoms with Crippen molar-refractivity contribution in [3.63, 3.8) is 0 Å². The summed E-state index contributed by atoms with van der Waals surface area (Å²) < 4.78 is 0. The number of nitrogens with zero attached hydrogens (tertiary/aromatic N) is 1. The van der Waals surface area contributed by atoms with Gasteiger partial charge in [0.2, 0.25) is 0 Å². The smallest absolute Gasteiger partial charge is 0.122 e. The molecule has 0 saturated carbocycles. The molecule has 0 aliphatic rings. The number of hydrogen-bond donors (Lipinski definition) is 1. The first kappa shape index (κ1) is 20.8. The van der Waals surface area contributed by atoms with Crippen LogP contribution in [0.5, 0.6) is 0 Å². The van der Waals surface area contributed by atoms with Crippen LogP contribution >= 0.6 is 19.1 Å². The van der Waals surface area contributed by atoms with E-state index >= 15 is 0 Å². The third kappa shape index (κ3) is 4.09. The van der Waals surface area contributed by atoms with Crippen molar-refractivity contribution in [3.05, 3.63) is 121 Å². The Bertz CT molecular complexity index is 1160. The lowest BCUT2D eigenvalue weighted by molar-refractivity contribution is 1.56. The fourth-order valence-corrected chi connectivity index (χ4v) is 8.39. The van der Waals surface area contributed by atoms with Gasteiger partial charge in [-0.1, -0.05) is 121 Å². The first-order valence-corrected chi connectivity index (χ1v) is 12.2. The third-order valence-corrected chi connectivity index (χ3v) is 9.79. The first-order chi connectivity index (χ1) is 15.3. The van der Waals surface area contributed by atoms with Crippen LogP contribution in [0.1, 0.15) is 0 Å². The van der Waals surface area contributed by atoms with Gasteiger partial charge in [0.1, 0.15) is 11.1 Å². The third-order valence-electron chi connectivity index (χ3n) is 5.12. The van der Waals surface area contributed by atoms with Crippen LogP contribution in [0.3, 0.4) is 0 Å². The van der Waals surface area contributed by atoms with Crippen LogP contribution in [0.15, 0.2) is 121 Å². The maximum absolute atomic E-state index is 10.5. The molecule has 4 rings (SSSR count). The summed E-state index contributed by atoms with van der Waals surface area (Å²) in [4.78, 5) is 0.457. The van der Waals surface area contributed by atoms with E-state index in [1.54, 1.807) is 0 Å². The quantitative estimate of drug-likeness (QED) is 0.349. The lowest BCUT2D eigenvalue weighted by Gasteiger charge is -2.30. The van der Waals surface area contributed by atoms with E-state index in [0.717, 1.165) is 21.6 Å². The Hall–Kier alpha value is -3.44. The summed E-state index contributed by atoms with van der Waals surface area (Å²) in [6.07, 6.45) is 0. The van der Waals surface area contributed by atoms with Crippen LogP contribution in [0, 0.1) is 11.3 Å². The monoisotopic (exact) mass is 436 g/mol. The van der Waals surface area contributed by atoms with Crippen molar-refractivity contribution in [2.75, 3.05) is 5.32 Å². The van der Waals surface area contributed by atoms with Crippen molar-refractivity contribution >= 4 is 51.0 Å². The van der Waals surface area contributed by atoms with Crippen LogP contribution in [-0.4, -0.2) is 10.3 Å². The van der Waals surface area contributed by atoms with Gasteiger partial charge in [0.25, 0.3) is 0 Å². The highest BCUT2D eigenvalue weighted by Gasteiger charge is 2.31. The number of anilines is 1. The number of nitrogens with one attached hydrogen (secondary N) is 1. The van der Waals surface area contributed by atoms with E-state index in [-0.39, 0.29) is 0 Å². The van der Waals surface area contributed by atoms with Crippen molar-refractivity contribution < 1.29 is 0 Å². The first-order valence-electron chi connectivity index (χ1n) is 9.96. The van der Waals surface area contributed by atoms with Gasteiger partial charge in [-0.05, 0) is 34.9 Å². The van der Waals surface area contributed by atoms with Gasteiger partial charge in [-0.15, -0.1) is 0 Å². The highest BCUT2D eigenvalue weighted by molar-refractivity contribution is 7.99. The van der Waals surface area contributed by atoms with Crippen molar-refractivity contribution in [1.29, 1.82) is 5.26 Å². The molecule has 0 heterocycles. The van der Waals surface area contributed by atoms with E-state index in [1.807, 2.05) is 84.9 Å². The number of hydrogen-bond acceptors (Lipinski definition) is 2. The Labute approximate surface area is 188 Å². The SMILES string of the molecule is N#CC(C(=S)Nc1ccccc1)=P(c1ccccc1)(c1ccccc1)c1ccccc1. The minimum absolute atomic E-state index is 0.457. The summed E-state index contributed by atoms with van der Waals surface area (Å²) in [6, 6.07) is 43.1. The van der Waals surface area contributed by atoms with Crippen LogP contribution < -0.4 is 21.2 Å². The summed E-state index contributed by atoms with van der Waals surface area (Å²) >= 11 is 5.86. The largest absolute Gasteiger partial charge is 0.345 e. The van der Waals surface area contributed by atoms with Gasteiger partial charge in [0.15, 0.2) is 0 Å². The highest BCUT2D eigenvalue weighted by atomic mass is 32.1. The molecule has 4 heteroatoms. The summed E-state index contributed by atoms with van der Waals surface area (Å²) in [5.74, 6) is 0. The lowest BCUT2D eigenvalue weighted by atomic mass is 10.3. The normalized spacial score (nSPS) is 10.7. The maximum Gasteiger partial charge on any atom is 0.122 e. The molecule has 0 saturated heterocycles. The fraction of sp³-hybridized carbons (Fsp3) is 0.